The molecule has 2 rings (SSSR count). The summed E-state index contributed by atoms with van der Waals surface area (Å²) in [6.45, 7) is 2.86. The van der Waals surface area contributed by atoms with Gasteiger partial charge in [-0.25, -0.2) is 9.97 Å². The molecule has 1 unspecified atom stereocenters. The first-order chi connectivity index (χ1) is 8.09. The Hall–Kier alpha value is -1.36. The highest BCUT2D eigenvalue weighted by Crippen LogP contribution is 2.21. The Morgan fingerprint density at radius 1 is 1.47 bits per heavy atom. The third-order valence-electron chi connectivity index (χ3n) is 2.73. The van der Waals surface area contributed by atoms with E-state index in [1.54, 1.807) is 17.2 Å². The molecule has 0 aromatic carbocycles. The normalized spacial score (nSPS) is 12.9. The third kappa shape index (κ3) is 2.49. The van der Waals surface area contributed by atoms with Crippen LogP contribution < -0.4 is 4.90 Å². The molecule has 0 aliphatic rings. The first-order valence-corrected chi connectivity index (χ1v) is 6.01. The van der Waals surface area contributed by atoms with Crippen molar-refractivity contribution < 1.29 is 0 Å². The number of fused-ring (bicyclic) bond motifs is 1. The summed E-state index contributed by atoms with van der Waals surface area (Å²) in [6, 6.07) is 0. The standard InChI is InChI=1S/C11H16ClN5/c1-8(12)4-5-16(2)10-9-6-15-17(3)11(9)14-7-13-10/h6-8H,4-5H2,1-3H3. The van der Waals surface area contributed by atoms with Crippen LogP contribution >= 0.6 is 11.6 Å². The summed E-state index contributed by atoms with van der Waals surface area (Å²) in [5, 5.41) is 5.34. The number of hydrogen-bond acceptors (Lipinski definition) is 4. The average Bonchev–Trinajstić information content (AvgIpc) is 2.68. The fourth-order valence-electron chi connectivity index (χ4n) is 1.73. The van der Waals surface area contributed by atoms with Gasteiger partial charge >= 0.3 is 0 Å². The molecule has 0 aliphatic carbocycles. The van der Waals surface area contributed by atoms with E-state index in [0.29, 0.717) is 0 Å². The first-order valence-electron chi connectivity index (χ1n) is 5.57. The highest BCUT2D eigenvalue weighted by molar-refractivity contribution is 6.20. The highest BCUT2D eigenvalue weighted by Gasteiger charge is 2.11. The molecule has 2 heterocycles. The van der Waals surface area contributed by atoms with Crippen molar-refractivity contribution in [3.05, 3.63) is 12.5 Å². The topological polar surface area (TPSA) is 46.8 Å². The van der Waals surface area contributed by atoms with Gasteiger partial charge in [0.15, 0.2) is 5.65 Å². The summed E-state index contributed by atoms with van der Waals surface area (Å²) in [6.07, 6.45) is 4.29. The molecule has 0 spiro atoms. The Kier molecular flexibility index (Phi) is 3.47. The minimum Gasteiger partial charge on any atom is -0.359 e. The van der Waals surface area contributed by atoms with Gasteiger partial charge in [-0.2, -0.15) is 5.10 Å². The number of aryl methyl sites for hydroxylation is 1. The molecular formula is C11H16ClN5. The van der Waals surface area contributed by atoms with Crippen molar-refractivity contribution in [2.24, 2.45) is 7.05 Å². The molecular weight excluding hydrogens is 238 g/mol. The van der Waals surface area contributed by atoms with Crippen LogP contribution in [0.1, 0.15) is 13.3 Å². The number of rotatable bonds is 4. The maximum absolute atomic E-state index is 5.96. The van der Waals surface area contributed by atoms with E-state index in [2.05, 4.69) is 20.0 Å². The maximum Gasteiger partial charge on any atom is 0.163 e. The second-order valence-corrected chi connectivity index (χ2v) is 4.94. The quantitative estimate of drug-likeness (QED) is 0.780. The van der Waals surface area contributed by atoms with Crippen LogP contribution in [0.3, 0.4) is 0 Å². The SMILES string of the molecule is CC(Cl)CCN(C)c1ncnc2c1cnn2C. The van der Waals surface area contributed by atoms with Crippen LogP contribution in [0.2, 0.25) is 0 Å². The molecule has 0 fully saturated rings. The highest BCUT2D eigenvalue weighted by atomic mass is 35.5. The molecule has 0 saturated heterocycles. The van der Waals surface area contributed by atoms with Crippen LogP contribution in [0.25, 0.3) is 11.0 Å². The Balaban J connectivity index is 2.28. The van der Waals surface area contributed by atoms with E-state index < -0.39 is 0 Å². The molecule has 0 N–H and O–H groups in total. The van der Waals surface area contributed by atoms with Gasteiger partial charge in [0, 0.05) is 26.0 Å². The van der Waals surface area contributed by atoms with Gasteiger partial charge in [0.25, 0.3) is 0 Å². The van der Waals surface area contributed by atoms with Gasteiger partial charge in [-0.1, -0.05) is 0 Å². The fraction of sp³-hybridized carbons (Fsp3) is 0.545. The first kappa shape index (κ1) is 12.1. The van der Waals surface area contributed by atoms with Crippen molar-refractivity contribution in [1.82, 2.24) is 19.7 Å². The van der Waals surface area contributed by atoms with Crippen molar-refractivity contribution in [2.75, 3.05) is 18.5 Å². The molecule has 0 saturated carbocycles. The van der Waals surface area contributed by atoms with Gasteiger partial charge < -0.3 is 4.90 Å². The van der Waals surface area contributed by atoms with Crippen molar-refractivity contribution in [3.63, 3.8) is 0 Å². The molecule has 0 aliphatic heterocycles. The van der Waals surface area contributed by atoms with Crippen LogP contribution in [0.15, 0.2) is 12.5 Å². The van der Waals surface area contributed by atoms with E-state index in [0.717, 1.165) is 29.8 Å². The second-order valence-electron chi connectivity index (χ2n) is 4.19. The van der Waals surface area contributed by atoms with E-state index >= 15 is 0 Å². The summed E-state index contributed by atoms with van der Waals surface area (Å²) in [5.74, 6) is 0.903. The van der Waals surface area contributed by atoms with E-state index in [-0.39, 0.29) is 5.38 Å². The number of hydrogen-bond donors (Lipinski definition) is 0. The van der Waals surface area contributed by atoms with E-state index in [9.17, 15) is 0 Å². The predicted molar refractivity (Wildman–Crippen MR) is 69.5 cm³/mol. The van der Waals surface area contributed by atoms with Crippen molar-refractivity contribution in [1.29, 1.82) is 0 Å². The predicted octanol–water partition coefficient (Wildman–Crippen LogP) is 1.82. The molecule has 2 aromatic heterocycles. The summed E-state index contributed by atoms with van der Waals surface area (Å²) in [4.78, 5) is 10.6. The van der Waals surface area contributed by atoms with E-state index in [1.807, 2.05) is 21.0 Å². The van der Waals surface area contributed by atoms with Crippen molar-refractivity contribution in [2.45, 2.75) is 18.7 Å². The number of anilines is 1. The monoisotopic (exact) mass is 253 g/mol. The maximum atomic E-state index is 5.96. The molecule has 0 amide bonds. The van der Waals surface area contributed by atoms with Crippen LogP contribution in [0.5, 0.6) is 0 Å². The van der Waals surface area contributed by atoms with Gasteiger partial charge in [-0.15, -0.1) is 11.6 Å². The molecule has 5 nitrogen and oxygen atoms in total. The molecule has 6 heteroatoms. The smallest absolute Gasteiger partial charge is 0.163 e. The summed E-state index contributed by atoms with van der Waals surface area (Å²) < 4.78 is 1.75. The molecule has 92 valence electrons. The fourth-order valence-corrected chi connectivity index (χ4v) is 1.83. The van der Waals surface area contributed by atoms with Gasteiger partial charge in [-0.05, 0) is 13.3 Å². The lowest BCUT2D eigenvalue weighted by Crippen LogP contribution is -2.21. The zero-order valence-electron chi connectivity index (χ0n) is 10.3. The van der Waals surface area contributed by atoms with Crippen LogP contribution in [-0.2, 0) is 7.05 Å². The average molecular weight is 254 g/mol. The zero-order valence-corrected chi connectivity index (χ0v) is 11.0. The Labute approximate surface area is 105 Å². The zero-order chi connectivity index (χ0) is 12.4. The molecule has 17 heavy (non-hydrogen) atoms. The lowest BCUT2D eigenvalue weighted by Gasteiger charge is -2.19. The summed E-state index contributed by atoms with van der Waals surface area (Å²) in [5.41, 5.74) is 0.848. The molecule has 1 atom stereocenters. The molecule has 0 radical (unpaired) electrons. The Morgan fingerprint density at radius 3 is 2.94 bits per heavy atom. The van der Waals surface area contributed by atoms with Gasteiger partial charge in [0.2, 0.25) is 0 Å². The molecule has 2 aromatic rings. The van der Waals surface area contributed by atoms with Crippen molar-refractivity contribution in [3.8, 4) is 0 Å². The van der Waals surface area contributed by atoms with Crippen molar-refractivity contribution >= 4 is 28.5 Å². The lowest BCUT2D eigenvalue weighted by molar-refractivity contribution is 0.765. The van der Waals surface area contributed by atoms with Crippen LogP contribution in [0.4, 0.5) is 5.82 Å². The van der Waals surface area contributed by atoms with E-state index in [1.165, 1.54) is 0 Å². The van der Waals surface area contributed by atoms with Crippen LogP contribution in [-0.4, -0.2) is 38.7 Å². The minimum atomic E-state index is 0.170. The molecule has 0 bridgehead atoms. The Bertz CT molecular complexity index is 508. The third-order valence-corrected chi connectivity index (χ3v) is 2.95. The van der Waals surface area contributed by atoms with Crippen LogP contribution in [0, 0.1) is 0 Å². The number of halogens is 1. The number of nitrogens with zero attached hydrogens (tertiary/aromatic N) is 5. The summed E-state index contributed by atoms with van der Waals surface area (Å²) in [7, 11) is 3.88. The number of aromatic nitrogens is 4. The van der Waals surface area contributed by atoms with Gasteiger partial charge in [0.05, 0.1) is 11.6 Å². The second kappa shape index (κ2) is 4.87. The summed E-state index contributed by atoms with van der Waals surface area (Å²) >= 11 is 5.96. The minimum absolute atomic E-state index is 0.170. The lowest BCUT2D eigenvalue weighted by atomic mass is 10.3. The van der Waals surface area contributed by atoms with E-state index in [4.69, 9.17) is 11.6 Å². The van der Waals surface area contributed by atoms with Gasteiger partial charge in [-0.3, -0.25) is 4.68 Å². The largest absolute Gasteiger partial charge is 0.359 e. The van der Waals surface area contributed by atoms with Gasteiger partial charge in [0.1, 0.15) is 12.1 Å². The Morgan fingerprint density at radius 2 is 2.24 bits per heavy atom. The number of alkyl halides is 1.